The van der Waals surface area contributed by atoms with E-state index in [4.69, 9.17) is 9.84 Å². The molecule has 0 aliphatic heterocycles. The minimum absolute atomic E-state index is 0.412. The van der Waals surface area contributed by atoms with E-state index >= 15 is 0 Å². The highest BCUT2D eigenvalue weighted by Crippen LogP contribution is 2.24. The lowest BCUT2D eigenvalue weighted by Crippen LogP contribution is -2.09. The van der Waals surface area contributed by atoms with Gasteiger partial charge in [-0.3, -0.25) is 0 Å². The van der Waals surface area contributed by atoms with E-state index in [1.54, 1.807) is 30.5 Å². The van der Waals surface area contributed by atoms with Gasteiger partial charge in [0, 0.05) is 11.5 Å². The number of aromatic nitrogens is 4. The SMILES string of the molecule is O=C(O)COc1ccc2nc(-c3cn(-c4ccc(O)c(F)c4)nn3)ccc2c1. The minimum Gasteiger partial charge on any atom is -0.505 e. The Labute approximate surface area is 157 Å². The van der Waals surface area contributed by atoms with Crippen LogP contribution >= 0.6 is 0 Å². The third-order valence-electron chi connectivity index (χ3n) is 3.97. The third kappa shape index (κ3) is 3.45. The Morgan fingerprint density at radius 3 is 2.75 bits per heavy atom. The van der Waals surface area contributed by atoms with E-state index < -0.39 is 24.1 Å². The maximum Gasteiger partial charge on any atom is 0.341 e. The molecule has 2 aromatic heterocycles. The number of pyridine rings is 1. The predicted molar refractivity (Wildman–Crippen MR) is 96.8 cm³/mol. The normalized spacial score (nSPS) is 10.9. The molecule has 2 N–H and O–H groups in total. The molecule has 0 aliphatic rings. The van der Waals surface area contributed by atoms with Gasteiger partial charge in [0.15, 0.2) is 18.2 Å². The lowest BCUT2D eigenvalue weighted by atomic mass is 10.2. The van der Waals surface area contributed by atoms with Crippen LogP contribution in [0.3, 0.4) is 0 Å². The van der Waals surface area contributed by atoms with Crippen LogP contribution in [0, 0.1) is 5.82 Å². The summed E-state index contributed by atoms with van der Waals surface area (Å²) in [6.45, 7) is -0.419. The Morgan fingerprint density at radius 1 is 1.11 bits per heavy atom. The first-order chi connectivity index (χ1) is 13.5. The number of nitrogens with zero attached hydrogens (tertiary/aromatic N) is 4. The van der Waals surface area contributed by atoms with Crippen LogP contribution in [0.4, 0.5) is 4.39 Å². The Morgan fingerprint density at radius 2 is 1.96 bits per heavy atom. The number of ether oxygens (including phenoxy) is 1. The van der Waals surface area contributed by atoms with Crippen molar-refractivity contribution in [2.75, 3.05) is 6.61 Å². The first kappa shape index (κ1) is 17.4. The number of carbonyl (C=O) groups is 1. The van der Waals surface area contributed by atoms with Crippen LogP contribution in [0.1, 0.15) is 0 Å². The summed E-state index contributed by atoms with van der Waals surface area (Å²) in [7, 11) is 0. The number of fused-ring (bicyclic) bond motifs is 1. The number of halogens is 1. The summed E-state index contributed by atoms with van der Waals surface area (Å²) in [4.78, 5) is 15.1. The van der Waals surface area contributed by atoms with Gasteiger partial charge in [-0.2, -0.15) is 0 Å². The van der Waals surface area contributed by atoms with E-state index in [1.807, 2.05) is 6.07 Å². The van der Waals surface area contributed by atoms with E-state index in [0.717, 1.165) is 11.5 Å². The molecule has 2 aromatic carbocycles. The second kappa shape index (κ2) is 6.95. The van der Waals surface area contributed by atoms with Crippen molar-refractivity contribution >= 4 is 16.9 Å². The summed E-state index contributed by atoms with van der Waals surface area (Å²) in [6.07, 6.45) is 1.60. The van der Waals surface area contributed by atoms with Crippen molar-refractivity contribution in [2.24, 2.45) is 0 Å². The van der Waals surface area contributed by atoms with Gasteiger partial charge in [0.05, 0.1) is 23.1 Å². The van der Waals surface area contributed by atoms with Crippen LogP contribution in [0.15, 0.2) is 54.7 Å². The summed E-state index contributed by atoms with van der Waals surface area (Å²) < 4.78 is 20.1. The van der Waals surface area contributed by atoms with Crippen molar-refractivity contribution < 1.29 is 24.1 Å². The van der Waals surface area contributed by atoms with E-state index in [-0.39, 0.29) is 0 Å². The average Bonchev–Trinajstić information content (AvgIpc) is 3.18. The molecule has 0 radical (unpaired) electrons. The summed E-state index contributed by atoms with van der Waals surface area (Å²) in [5.41, 5.74) is 2.14. The summed E-state index contributed by atoms with van der Waals surface area (Å²) in [5.74, 6) is -1.80. The largest absolute Gasteiger partial charge is 0.505 e. The standard InChI is InChI=1S/C19H13FN4O4/c20-14-8-12(2-6-18(14)25)24-9-17(22-23-24)16-4-1-11-7-13(28-10-19(26)27)3-5-15(11)21-16/h1-9,25H,10H2,(H,26,27). The number of phenols is 1. The van der Waals surface area contributed by atoms with Gasteiger partial charge in [-0.05, 0) is 36.4 Å². The molecule has 8 nitrogen and oxygen atoms in total. The number of phenolic OH excluding ortho intramolecular Hbond substituents is 1. The van der Waals surface area contributed by atoms with Crippen LogP contribution in [0.5, 0.6) is 11.5 Å². The van der Waals surface area contributed by atoms with Gasteiger partial charge in [0.25, 0.3) is 0 Å². The van der Waals surface area contributed by atoms with Crippen molar-refractivity contribution in [1.29, 1.82) is 0 Å². The molecule has 0 spiro atoms. The molecule has 0 unspecified atom stereocenters. The Kier molecular flexibility index (Phi) is 4.32. The van der Waals surface area contributed by atoms with Crippen LogP contribution in [0.25, 0.3) is 28.0 Å². The van der Waals surface area contributed by atoms with E-state index in [1.165, 1.54) is 16.8 Å². The number of rotatable bonds is 5. The molecule has 28 heavy (non-hydrogen) atoms. The molecule has 140 valence electrons. The molecule has 0 atom stereocenters. The number of benzene rings is 2. The van der Waals surface area contributed by atoms with Gasteiger partial charge in [-0.15, -0.1) is 5.10 Å². The molecule has 9 heteroatoms. The summed E-state index contributed by atoms with van der Waals surface area (Å²) >= 11 is 0. The Hall–Kier alpha value is -4.01. The molecule has 0 bridgehead atoms. The number of carboxylic acids is 1. The second-order valence-corrected chi connectivity index (χ2v) is 5.92. The summed E-state index contributed by atoms with van der Waals surface area (Å²) in [6, 6.07) is 12.5. The maximum atomic E-state index is 13.5. The second-order valence-electron chi connectivity index (χ2n) is 5.92. The molecule has 4 rings (SSSR count). The van der Waals surface area contributed by atoms with Crippen molar-refractivity contribution in [1.82, 2.24) is 20.0 Å². The first-order valence-electron chi connectivity index (χ1n) is 8.16. The monoisotopic (exact) mass is 380 g/mol. The van der Waals surface area contributed by atoms with Gasteiger partial charge in [-0.1, -0.05) is 11.3 Å². The van der Waals surface area contributed by atoms with E-state index in [2.05, 4.69) is 15.3 Å². The topological polar surface area (TPSA) is 110 Å². The van der Waals surface area contributed by atoms with Crippen molar-refractivity contribution in [3.8, 4) is 28.6 Å². The average molecular weight is 380 g/mol. The fourth-order valence-electron chi connectivity index (χ4n) is 2.63. The molecule has 0 amide bonds. The Bertz CT molecular complexity index is 1190. The summed E-state index contributed by atoms with van der Waals surface area (Å²) in [5, 5.41) is 26.8. The molecular weight excluding hydrogens is 367 g/mol. The molecule has 0 aliphatic carbocycles. The number of aromatic hydroxyl groups is 1. The highest BCUT2D eigenvalue weighted by molar-refractivity contribution is 5.82. The maximum absolute atomic E-state index is 13.5. The zero-order valence-corrected chi connectivity index (χ0v) is 14.3. The van der Waals surface area contributed by atoms with Crippen LogP contribution < -0.4 is 4.74 Å². The third-order valence-corrected chi connectivity index (χ3v) is 3.97. The zero-order valence-electron chi connectivity index (χ0n) is 14.3. The molecule has 2 heterocycles. The highest BCUT2D eigenvalue weighted by Gasteiger charge is 2.10. The van der Waals surface area contributed by atoms with Crippen LogP contribution in [-0.2, 0) is 4.79 Å². The predicted octanol–water partition coefficient (Wildman–Crippen LogP) is 2.79. The van der Waals surface area contributed by atoms with Crippen molar-refractivity contribution in [3.63, 3.8) is 0 Å². The van der Waals surface area contributed by atoms with E-state index in [0.29, 0.717) is 28.3 Å². The van der Waals surface area contributed by atoms with Crippen LogP contribution in [-0.4, -0.2) is 42.8 Å². The lowest BCUT2D eigenvalue weighted by molar-refractivity contribution is -0.139. The minimum atomic E-state index is -1.05. The fourth-order valence-corrected chi connectivity index (χ4v) is 2.63. The number of hydrogen-bond donors (Lipinski definition) is 2. The molecule has 0 saturated heterocycles. The number of hydrogen-bond acceptors (Lipinski definition) is 6. The van der Waals surface area contributed by atoms with Gasteiger partial charge in [0.1, 0.15) is 11.4 Å². The zero-order chi connectivity index (χ0) is 19.7. The van der Waals surface area contributed by atoms with E-state index in [9.17, 15) is 14.3 Å². The first-order valence-corrected chi connectivity index (χ1v) is 8.16. The molecular formula is C19H13FN4O4. The van der Waals surface area contributed by atoms with Gasteiger partial charge in [0.2, 0.25) is 0 Å². The highest BCUT2D eigenvalue weighted by atomic mass is 19.1. The van der Waals surface area contributed by atoms with Crippen molar-refractivity contribution in [3.05, 3.63) is 60.5 Å². The number of carboxylic acid groups (broad SMARTS) is 1. The van der Waals surface area contributed by atoms with Gasteiger partial charge < -0.3 is 14.9 Å². The molecule has 0 saturated carbocycles. The number of aliphatic carboxylic acids is 1. The van der Waals surface area contributed by atoms with Crippen molar-refractivity contribution in [2.45, 2.75) is 0 Å². The van der Waals surface area contributed by atoms with Gasteiger partial charge in [-0.25, -0.2) is 18.9 Å². The smallest absolute Gasteiger partial charge is 0.341 e. The van der Waals surface area contributed by atoms with Crippen LogP contribution in [0.2, 0.25) is 0 Å². The van der Waals surface area contributed by atoms with Gasteiger partial charge >= 0.3 is 5.97 Å². The quantitative estimate of drug-likeness (QED) is 0.548. The molecule has 0 fully saturated rings. The fraction of sp³-hybridized carbons (Fsp3) is 0.0526. The molecule has 4 aromatic rings. The lowest BCUT2D eigenvalue weighted by Gasteiger charge is -2.05. The Balaban J connectivity index is 1.62.